The molecule has 3 fully saturated rings. The van der Waals surface area contributed by atoms with Gasteiger partial charge in [-0.25, -0.2) is 0 Å². The van der Waals surface area contributed by atoms with Crippen molar-refractivity contribution in [2.24, 2.45) is 5.92 Å². The summed E-state index contributed by atoms with van der Waals surface area (Å²) in [5, 5.41) is 0. The second kappa shape index (κ2) is 7.84. The van der Waals surface area contributed by atoms with E-state index in [9.17, 15) is 4.79 Å². The Morgan fingerprint density at radius 2 is 1.71 bits per heavy atom. The molecule has 3 rings (SSSR count). The SMILES string of the molecule is O=C(C1CCOCC1)N1CCCN(C2CCSCC2)CC1. The molecule has 3 aliphatic heterocycles. The second-order valence-electron chi connectivity index (χ2n) is 6.45. The Balaban J connectivity index is 1.51. The van der Waals surface area contributed by atoms with Gasteiger partial charge in [-0.2, -0.15) is 11.8 Å². The third kappa shape index (κ3) is 4.14. The molecule has 3 aliphatic rings. The predicted molar refractivity (Wildman–Crippen MR) is 86.7 cm³/mol. The molecule has 1 amide bonds. The number of carbonyl (C=O) groups is 1. The lowest BCUT2D eigenvalue weighted by molar-refractivity contribution is -0.138. The van der Waals surface area contributed by atoms with Crippen molar-refractivity contribution in [3.63, 3.8) is 0 Å². The number of thioether (sulfide) groups is 1. The van der Waals surface area contributed by atoms with Crippen molar-refractivity contribution in [2.45, 2.75) is 38.1 Å². The summed E-state index contributed by atoms with van der Waals surface area (Å²) in [6.45, 7) is 5.65. The van der Waals surface area contributed by atoms with Crippen LogP contribution >= 0.6 is 11.8 Å². The largest absolute Gasteiger partial charge is 0.381 e. The molecule has 0 spiro atoms. The van der Waals surface area contributed by atoms with E-state index in [4.69, 9.17) is 4.74 Å². The fraction of sp³-hybridized carbons (Fsp3) is 0.938. The van der Waals surface area contributed by atoms with Crippen molar-refractivity contribution in [3.05, 3.63) is 0 Å². The number of ether oxygens (including phenoxy) is 1. The van der Waals surface area contributed by atoms with Crippen molar-refractivity contribution in [2.75, 3.05) is 50.9 Å². The maximum Gasteiger partial charge on any atom is 0.225 e. The highest BCUT2D eigenvalue weighted by molar-refractivity contribution is 7.99. The standard InChI is InChI=1S/C16H28N2O2S/c19-16(14-2-10-20-11-3-14)18-7-1-6-17(8-9-18)15-4-12-21-13-5-15/h14-15H,1-13H2. The molecule has 0 aromatic heterocycles. The van der Waals surface area contributed by atoms with E-state index in [1.165, 1.54) is 30.9 Å². The molecule has 0 unspecified atom stereocenters. The van der Waals surface area contributed by atoms with Gasteiger partial charge in [0.25, 0.3) is 0 Å². The first-order chi connectivity index (χ1) is 10.3. The zero-order chi connectivity index (χ0) is 14.5. The van der Waals surface area contributed by atoms with E-state index in [-0.39, 0.29) is 5.92 Å². The normalized spacial score (nSPS) is 27.5. The smallest absolute Gasteiger partial charge is 0.225 e. The highest BCUT2D eigenvalue weighted by Crippen LogP contribution is 2.24. The summed E-state index contributed by atoms with van der Waals surface area (Å²) in [4.78, 5) is 17.4. The van der Waals surface area contributed by atoms with Crippen LogP contribution in [0.25, 0.3) is 0 Å². The Hall–Kier alpha value is -0.260. The third-order valence-electron chi connectivity index (χ3n) is 5.12. The van der Waals surface area contributed by atoms with Gasteiger partial charge in [0, 0.05) is 51.4 Å². The minimum absolute atomic E-state index is 0.219. The number of rotatable bonds is 2. The van der Waals surface area contributed by atoms with Crippen LogP contribution in [0, 0.1) is 5.92 Å². The average molecular weight is 312 g/mol. The lowest BCUT2D eigenvalue weighted by Gasteiger charge is -2.33. The van der Waals surface area contributed by atoms with Gasteiger partial charge in [-0.15, -0.1) is 0 Å². The van der Waals surface area contributed by atoms with Crippen molar-refractivity contribution in [1.29, 1.82) is 0 Å². The molecule has 0 saturated carbocycles. The van der Waals surface area contributed by atoms with Crippen molar-refractivity contribution >= 4 is 17.7 Å². The minimum Gasteiger partial charge on any atom is -0.381 e. The Bertz CT molecular complexity index is 341. The van der Waals surface area contributed by atoms with E-state index in [1.54, 1.807) is 0 Å². The molecule has 0 atom stereocenters. The Labute approximate surface area is 132 Å². The molecular formula is C16H28N2O2S. The van der Waals surface area contributed by atoms with Crippen LogP contribution in [0.1, 0.15) is 32.1 Å². The molecule has 0 bridgehead atoms. The molecule has 120 valence electrons. The molecule has 4 nitrogen and oxygen atoms in total. The first kappa shape index (κ1) is 15.6. The zero-order valence-electron chi connectivity index (χ0n) is 13.0. The monoisotopic (exact) mass is 312 g/mol. The maximum absolute atomic E-state index is 12.6. The Kier molecular flexibility index (Phi) is 5.83. The van der Waals surface area contributed by atoms with E-state index in [2.05, 4.69) is 21.6 Å². The first-order valence-corrected chi connectivity index (χ1v) is 9.68. The molecule has 0 N–H and O–H groups in total. The van der Waals surface area contributed by atoms with Gasteiger partial charge in [-0.05, 0) is 43.6 Å². The summed E-state index contributed by atoms with van der Waals surface area (Å²) in [5.41, 5.74) is 0. The number of amides is 1. The molecular weight excluding hydrogens is 284 g/mol. The predicted octanol–water partition coefficient (Wildman–Crippen LogP) is 1.84. The summed E-state index contributed by atoms with van der Waals surface area (Å²) in [6.07, 6.45) is 5.63. The molecule has 0 radical (unpaired) electrons. The molecule has 0 aromatic carbocycles. The van der Waals surface area contributed by atoms with Gasteiger partial charge in [-0.1, -0.05) is 0 Å². The van der Waals surface area contributed by atoms with Crippen molar-refractivity contribution < 1.29 is 9.53 Å². The molecule has 0 aliphatic carbocycles. The van der Waals surface area contributed by atoms with Gasteiger partial charge in [0.1, 0.15) is 0 Å². The molecule has 21 heavy (non-hydrogen) atoms. The highest BCUT2D eigenvalue weighted by Gasteiger charge is 2.29. The quantitative estimate of drug-likeness (QED) is 0.779. The average Bonchev–Trinajstić information content (AvgIpc) is 2.82. The number of hydrogen-bond donors (Lipinski definition) is 0. The molecule has 3 heterocycles. The van der Waals surface area contributed by atoms with Crippen LogP contribution in [0.5, 0.6) is 0 Å². The number of carbonyl (C=O) groups excluding carboxylic acids is 1. The lowest BCUT2D eigenvalue weighted by atomic mass is 9.98. The Morgan fingerprint density at radius 1 is 0.952 bits per heavy atom. The first-order valence-electron chi connectivity index (χ1n) is 8.53. The minimum atomic E-state index is 0.219. The van der Waals surface area contributed by atoms with Gasteiger partial charge >= 0.3 is 0 Å². The van der Waals surface area contributed by atoms with E-state index in [1.807, 2.05) is 0 Å². The van der Waals surface area contributed by atoms with Crippen molar-refractivity contribution in [3.8, 4) is 0 Å². The van der Waals surface area contributed by atoms with E-state index >= 15 is 0 Å². The maximum atomic E-state index is 12.6. The van der Waals surface area contributed by atoms with Crippen LogP contribution in [0.3, 0.4) is 0 Å². The highest BCUT2D eigenvalue weighted by atomic mass is 32.2. The number of hydrogen-bond acceptors (Lipinski definition) is 4. The molecule has 5 heteroatoms. The fourth-order valence-corrected chi connectivity index (χ4v) is 4.86. The van der Waals surface area contributed by atoms with Crippen LogP contribution < -0.4 is 0 Å². The van der Waals surface area contributed by atoms with Crippen LogP contribution in [0.15, 0.2) is 0 Å². The van der Waals surface area contributed by atoms with Gasteiger partial charge < -0.3 is 9.64 Å². The van der Waals surface area contributed by atoms with Crippen LogP contribution in [0.2, 0.25) is 0 Å². The van der Waals surface area contributed by atoms with E-state index in [0.717, 1.165) is 58.2 Å². The summed E-state index contributed by atoms with van der Waals surface area (Å²) in [6, 6.07) is 0.768. The van der Waals surface area contributed by atoms with Gasteiger partial charge in [0.2, 0.25) is 5.91 Å². The fourth-order valence-electron chi connectivity index (χ4n) is 3.78. The van der Waals surface area contributed by atoms with E-state index in [0.29, 0.717) is 5.91 Å². The van der Waals surface area contributed by atoms with Gasteiger partial charge in [0.05, 0.1) is 0 Å². The summed E-state index contributed by atoms with van der Waals surface area (Å²) < 4.78 is 5.38. The summed E-state index contributed by atoms with van der Waals surface area (Å²) in [5.74, 6) is 3.23. The van der Waals surface area contributed by atoms with Gasteiger partial charge in [0.15, 0.2) is 0 Å². The summed E-state index contributed by atoms with van der Waals surface area (Å²) >= 11 is 2.09. The third-order valence-corrected chi connectivity index (χ3v) is 6.17. The topological polar surface area (TPSA) is 32.8 Å². The van der Waals surface area contributed by atoms with Crippen molar-refractivity contribution in [1.82, 2.24) is 9.80 Å². The zero-order valence-corrected chi connectivity index (χ0v) is 13.8. The Morgan fingerprint density at radius 3 is 2.48 bits per heavy atom. The molecule has 0 aromatic rings. The van der Waals surface area contributed by atoms with Crippen LogP contribution in [-0.2, 0) is 9.53 Å². The number of nitrogens with zero attached hydrogens (tertiary/aromatic N) is 2. The molecule has 3 saturated heterocycles. The second-order valence-corrected chi connectivity index (χ2v) is 7.67. The lowest BCUT2D eigenvalue weighted by Crippen LogP contribution is -2.43. The van der Waals surface area contributed by atoms with Crippen LogP contribution in [-0.4, -0.2) is 72.6 Å². The van der Waals surface area contributed by atoms with Gasteiger partial charge in [-0.3, -0.25) is 9.69 Å². The van der Waals surface area contributed by atoms with Crippen LogP contribution in [0.4, 0.5) is 0 Å². The summed E-state index contributed by atoms with van der Waals surface area (Å²) in [7, 11) is 0. The van der Waals surface area contributed by atoms with E-state index < -0.39 is 0 Å².